The van der Waals surface area contributed by atoms with E-state index in [9.17, 15) is 24.6 Å². The number of carbonyl (C=O) groups is 3. The summed E-state index contributed by atoms with van der Waals surface area (Å²) >= 11 is 13.6. The number of hydrogen-bond acceptors (Lipinski definition) is 8. The summed E-state index contributed by atoms with van der Waals surface area (Å²) in [5.41, 5.74) is -0.348. The van der Waals surface area contributed by atoms with E-state index in [4.69, 9.17) is 32.7 Å². The lowest BCUT2D eigenvalue weighted by Crippen LogP contribution is -2.23. The number of halogens is 2. The first kappa shape index (κ1) is 30.2. The molecule has 41 heavy (non-hydrogen) atoms. The number of hydrogen-bond donors (Lipinski definition) is 3. The molecule has 0 heterocycles. The lowest BCUT2D eigenvalue weighted by atomic mass is 9.82. The van der Waals surface area contributed by atoms with Gasteiger partial charge in [-0.15, -0.1) is 0 Å². The number of aromatic hydroxyl groups is 2. The van der Waals surface area contributed by atoms with Gasteiger partial charge in [0.25, 0.3) is 0 Å². The number of anilines is 2. The Bertz CT molecular complexity index is 1500. The van der Waals surface area contributed by atoms with Crippen molar-refractivity contribution in [3.63, 3.8) is 0 Å². The topological polar surface area (TPSA) is 122 Å². The zero-order valence-electron chi connectivity index (χ0n) is 22.8. The average molecular weight is 600 g/mol. The summed E-state index contributed by atoms with van der Waals surface area (Å²) < 4.78 is 11.2. The average Bonchev–Trinajstić information content (AvgIpc) is 2.95. The second-order valence-corrected chi connectivity index (χ2v) is 10.4. The number of ether oxygens (including phenoxy) is 2. The summed E-state index contributed by atoms with van der Waals surface area (Å²) in [5.74, 6) is -2.96. The Morgan fingerprint density at radius 3 is 2.07 bits per heavy atom. The first-order chi connectivity index (χ1) is 19.7. The van der Waals surface area contributed by atoms with E-state index in [0.717, 1.165) is 50.7 Å². The molecule has 4 rings (SSSR count). The minimum Gasteiger partial charge on any atom is -0.507 e. The van der Waals surface area contributed by atoms with Crippen LogP contribution in [-0.2, 0) is 4.74 Å². The van der Waals surface area contributed by atoms with Gasteiger partial charge in [0.1, 0.15) is 17.2 Å². The third-order valence-electron chi connectivity index (χ3n) is 6.79. The number of fused-ring (bicyclic) bond motifs is 2. The molecule has 1 aliphatic rings. The maximum atomic E-state index is 13.6. The molecule has 3 aromatic rings. The Labute approximate surface area is 248 Å². The molecular weight excluding hydrogens is 569 g/mol. The molecule has 0 spiro atoms. The van der Waals surface area contributed by atoms with Crippen LogP contribution in [0.15, 0.2) is 36.4 Å². The first-order valence-corrected chi connectivity index (χ1v) is 14.3. The summed E-state index contributed by atoms with van der Waals surface area (Å²) in [6.07, 6.45) is 6.11. The van der Waals surface area contributed by atoms with Gasteiger partial charge in [0.15, 0.2) is 17.3 Å². The number of unbranched alkanes of at least 4 members (excludes halogenated alkanes) is 5. The maximum absolute atomic E-state index is 13.6. The zero-order chi connectivity index (χ0) is 29.7. The molecule has 0 saturated carbocycles. The Kier molecular flexibility index (Phi) is 9.78. The van der Waals surface area contributed by atoms with Crippen molar-refractivity contribution in [3.8, 4) is 17.2 Å². The smallest absolute Gasteiger partial charge is 0.338 e. The minimum atomic E-state index is -0.777. The van der Waals surface area contributed by atoms with Gasteiger partial charge in [-0.1, -0.05) is 68.3 Å². The molecule has 1 aliphatic carbocycles. The third-order valence-corrected chi connectivity index (χ3v) is 7.53. The van der Waals surface area contributed by atoms with Gasteiger partial charge in [-0.2, -0.15) is 0 Å². The summed E-state index contributed by atoms with van der Waals surface area (Å²) in [4.78, 5) is 39.5. The van der Waals surface area contributed by atoms with Crippen LogP contribution in [0.4, 0.5) is 11.4 Å². The van der Waals surface area contributed by atoms with Crippen molar-refractivity contribution >= 4 is 52.1 Å². The van der Waals surface area contributed by atoms with Gasteiger partial charge in [-0.05, 0) is 43.7 Å². The van der Waals surface area contributed by atoms with Crippen LogP contribution < -0.4 is 10.1 Å². The lowest BCUT2D eigenvalue weighted by Gasteiger charge is -2.25. The van der Waals surface area contributed by atoms with Gasteiger partial charge < -0.3 is 25.0 Å². The molecule has 10 heteroatoms. The van der Waals surface area contributed by atoms with E-state index in [0.29, 0.717) is 5.69 Å². The lowest BCUT2D eigenvalue weighted by molar-refractivity contribution is 0.0526. The SMILES string of the molecule is CCCCCCCCOc1c(Cl)c2c(c(Cl)c1Nc1cccc(C(=O)OCC)c1)C(=O)c1c(O)ccc(O)c1C2=O. The van der Waals surface area contributed by atoms with E-state index < -0.39 is 29.0 Å². The van der Waals surface area contributed by atoms with Crippen molar-refractivity contribution in [3.05, 3.63) is 74.3 Å². The highest BCUT2D eigenvalue weighted by Crippen LogP contribution is 2.50. The normalized spacial score (nSPS) is 12.1. The fourth-order valence-electron chi connectivity index (χ4n) is 4.77. The van der Waals surface area contributed by atoms with Crippen molar-refractivity contribution in [2.45, 2.75) is 52.4 Å². The zero-order valence-corrected chi connectivity index (χ0v) is 24.3. The second kappa shape index (κ2) is 13.3. The second-order valence-electron chi connectivity index (χ2n) is 9.64. The van der Waals surface area contributed by atoms with E-state index in [1.54, 1.807) is 31.2 Å². The van der Waals surface area contributed by atoms with Crippen LogP contribution in [0, 0.1) is 0 Å². The van der Waals surface area contributed by atoms with Crippen molar-refractivity contribution < 1.29 is 34.1 Å². The van der Waals surface area contributed by atoms with E-state index in [1.165, 1.54) is 0 Å². The van der Waals surface area contributed by atoms with Gasteiger partial charge >= 0.3 is 5.97 Å². The van der Waals surface area contributed by atoms with Crippen LogP contribution in [-0.4, -0.2) is 41.0 Å². The number of esters is 1. The summed E-state index contributed by atoms with van der Waals surface area (Å²) in [6.45, 7) is 4.33. The molecule has 3 aromatic carbocycles. The molecule has 3 N–H and O–H groups in total. The summed E-state index contributed by atoms with van der Waals surface area (Å²) in [5, 5.41) is 23.6. The molecule has 0 unspecified atom stereocenters. The minimum absolute atomic E-state index is 0.0507. The van der Waals surface area contributed by atoms with Crippen LogP contribution in [0.5, 0.6) is 17.2 Å². The van der Waals surface area contributed by atoms with Gasteiger partial charge in [0, 0.05) is 5.69 Å². The number of nitrogens with one attached hydrogen (secondary N) is 1. The highest BCUT2D eigenvalue weighted by atomic mass is 35.5. The van der Waals surface area contributed by atoms with E-state index in [1.807, 2.05) is 0 Å². The van der Waals surface area contributed by atoms with Crippen molar-refractivity contribution in [1.82, 2.24) is 0 Å². The van der Waals surface area contributed by atoms with Crippen LogP contribution in [0.3, 0.4) is 0 Å². The number of phenolic OH excluding ortho intramolecular Hbond substituents is 2. The molecule has 0 atom stereocenters. The molecule has 8 nitrogen and oxygen atoms in total. The molecule has 216 valence electrons. The molecule has 0 saturated heterocycles. The number of ketones is 2. The van der Waals surface area contributed by atoms with E-state index in [-0.39, 0.29) is 62.5 Å². The fraction of sp³-hybridized carbons (Fsp3) is 0.323. The quantitative estimate of drug-likeness (QED) is 0.0854. The molecular formula is C31H31Cl2NO7. The largest absolute Gasteiger partial charge is 0.507 e. The van der Waals surface area contributed by atoms with E-state index >= 15 is 0 Å². The number of benzene rings is 3. The molecule has 0 bridgehead atoms. The fourth-order valence-corrected chi connectivity index (χ4v) is 5.41. The molecule has 0 aliphatic heterocycles. The Morgan fingerprint density at radius 2 is 1.44 bits per heavy atom. The molecule has 0 fully saturated rings. The van der Waals surface area contributed by atoms with Gasteiger partial charge in [0.2, 0.25) is 0 Å². The Morgan fingerprint density at radius 1 is 0.829 bits per heavy atom. The monoisotopic (exact) mass is 599 g/mol. The standard InChI is InChI=1S/C31H31Cl2NO7/c1-3-5-6-7-8-9-15-41-30-26(33)24-23(28(37)21-19(35)13-14-20(36)22(21)29(24)38)25(32)27(30)34-18-12-10-11-17(16-18)31(39)40-4-2/h10-14,16,34-36H,3-9,15H2,1-2H3. The number of carbonyl (C=O) groups excluding carboxylic acids is 3. The molecule has 0 radical (unpaired) electrons. The van der Waals surface area contributed by atoms with Crippen molar-refractivity contribution in [1.29, 1.82) is 0 Å². The predicted molar refractivity (Wildman–Crippen MR) is 158 cm³/mol. The van der Waals surface area contributed by atoms with Crippen molar-refractivity contribution in [2.24, 2.45) is 0 Å². The van der Waals surface area contributed by atoms with Crippen LogP contribution in [0.2, 0.25) is 10.0 Å². The Hall–Kier alpha value is -3.75. The van der Waals surface area contributed by atoms with Gasteiger partial charge in [-0.25, -0.2) is 4.79 Å². The maximum Gasteiger partial charge on any atom is 0.338 e. The van der Waals surface area contributed by atoms with Crippen LogP contribution in [0.1, 0.15) is 94.6 Å². The highest BCUT2D eigenvalue weighted by Gasteiger charge is 2.40. The molecule has 0 aromatic heterocycles. The van der Waals surface area contributed by atoms with Gasteiger partial charge in [0.05, 0.1) is 51.1 Å². The number of phenols is 2. The van der Waals surface area contributed by atoms with E-state index in [2.05, 4.69) is 12.2 Å². The van der Waals surface area contributed by atoms with Crippen LogP contribution >= 0.6 is 23.2 Å². The third kappa shape index (κ3) is 6.14. The van der Waals surface area contributed by atoms with Crippen molar-refractivity contribution in [2.75, 3.05) is 18.5 Å². The highest BCUT2D eigenvalue weighted by molar-refractivity contribution is 6.46. The Balaban J connectivity index is 1.79. The molecule has 0 amide bonds. The summed E-state index contributed by atoms with van der Waals surface area (Å²) in [7, 11) is 0. The predicted octanol–water partition coefficient (Wildman–Crippen LogP) is 7.84. The summed E-state index contributed by atoms with van der Waals surface area (Å²) in [6, 6.07) is 8.71. The van der Waals surface area contributed by atoms with Crippen LogP contribution in [0.25, 0.3) is 0 Å². The number of rotatable bonds is 12. The van der Waals surface area contributed by atoms with Gasteiger partial charge in [-0.3, -0.25) is 9.59 Å². The first-order valence-electron chi connectivity index (χ1n) is 13.6.